The summed E-state index contributed by atoms with van der Waals surface area (Å²) >= 11 is 1.14. The number of hydrogen-bond donors (Lipinski definition) is 3. The van der Waals surface area contributed by atoms with Crippen LogP contribution in [0.4, 0.5) is 37.8 Å². The first-order valence-corrected chi connectivity index (χ1v) is 13.1. The third-order valence-electron chi connectivity index (χ3n) is 5.21. The Morgan fingerprint density at radius 1 is 1.11 bits per heavy atom. The van der Waals surface area contributed by atoms with Crippen LogP contribution in [0, 0.1) is 17.5 Å². The normalized spacial score (nSPS) is 13.7. The predicted molar refractivity (Wildman–Crippen MR) is 127 cm³/mol. The molecule has 4 rings (SSSR count). The van der Waals surface area contributed by atoms with E-state index in [2.05, 4.69) is 15.2 Å². The maximum atomic E-state index is 14.5. The quantitative estimate of drug-likeness (QED) is 0.327. The molecule has 3 aromatic rings. The van der Waals surface area contributed by atoms with Crippen LogP contribution in [0.5, 0.6) is 0 Å². The van der Waals surface area contributed by atoms with Crippen molar-refractivity contribution >= 4 is 38.8 Å². The topological polar surface area (TPSA) is 112 Å². The van der Waals surface area contributed by atoms with Gasteiger partial charge in [-0.25, -0.2) is 31.4 Å². The number of carbonyl (C=O) groups is 1. The number of likely N-dealkylation sites (tertiary alicyclic amines) is 1. The number of alkyl halides is 3. The Balaban J connectivity index is 0.000000505. The third-order valence-corrected chi connectivity index (χ3v) is 7.20. The summed E-state index contributed by atoms with van der Waals surface area (Å²) in [6.45, 7) is 2.40. The number of carboxylic acid groups (broad SMARTS) is 1. The Morgan fingerprint density at radius 3 is 2.24 bits per heavy atom. The Morgan fingerprint density at radius 2 is 1.74 bits per heavy atom. The summed E-state index contributed by atoms with van der Waals surface area (Å²) in [7, 11) is -4.49. The number of halogens is 6. The molecule has 0 saturated carbocycles. The number of benzene rings is 2. The van der Waals surface area contributed by atoms with Gasteiger partial charge in [-0.15, -0.1) is 11.3 Å². The average Bonchev–Trinajstić information content (AvgIpc) is 3.27. The molecule has 0 spiro atoms. The molecular formula is C22H20F6N4O4S2. The second-order valence-corrected chi connectivity index (χ2v) is 10.2. The number of hydrogen-bond acceptors (Lipinski definition) is 7. The molecule has 2 heterocycles. The molecule has 16 heteroatoms. The van der Waals surface area contributed by atoms with Gasteiger partial charge in [-0.3, -0.25) is 9.62 Å². The molecule has 0 bridgehead atoms. The van der Waals surface area contributed by atoms with Crippen molar-refractivity contribution in [2.24, 2.45) is 0 Å². The van der Waals surface area contributed by atoms with Gasteiger partial charge in [0.1, 0.15) is 17.5 Å². The van der Waals surface area contributed by atoms with Crippen LogP contribution in [0.2, 0.25) is 0 Å². The number of nitrogens with zero attached hydrogens (tertiary/aromatic N) is 2. The van der Waals surface area contributed by atoms with Crippen LogP contribution in [-0.4, -0.2) is 48.6 Å². The minimum Gasteiger partial charge on any atom is -0.475 e. The molecule has 0 radical (unpaired) electrons. The van der Waals surface area contributed by atoms with Gasteiger partial charge in [-0.1, -0.05) is 12.1 Å². The SMILES string of the molecule is O=C(O)C(F)(F)F.O=S(=O)(Nc1cscn1)c1c(F)cc(NCc2cccc(F)c2CN2CCC2)cc1F. The molecule has 1 fully saturated rings. The van der Waals surface area contributed by atoms with E-state index in [1.807, 2.05) is 4.72 Å². The minimum absolute atomic E-state index is 0.0214. The van der Waals surface area contributed by atoms with Gasteiger partial charge in [-0.2, -0.15) is 13.2 Å². The van der Waals surface area contributed by atoms with Gasteiger partial charge < -0.3 is 10.4 Å². The molecule has 1 aliphatic heterocycles. The second kappa shape index (κ2) is 12.0. The van der Waals surface area contributed by atoms with E-state index in [0.29, 0.717) is 17.7 Å². The van der Waals surface area contributed by atoms with E-state index < -0.39 is 38.7 Å². The van der Waals surface area contributed by atoms with Crippen LogP contribution in [0.25, 0.3) is 0 Å². The number of thiazole rings is 1. The lowest BCUT2D eigenvalue weighted by atomic mass is 10.0. The summed E-state index contributed by atoms with van der Waals surface area (Å²) in [6.07, 6.45) is -4.01. The molecule has 206 valence electrons. The van der Waals surface area contributed by atoms with Crippen LogP contribution < -0.4 is 10.0 Å². The Hall–Kier alpha value is -3.37. The largest absolute Gasteiger partial charge is 0.490 e. The lowest BCUT2D eigenvalue weighted by Gasteiger charge is -2.31. The van der Waals surface area contributed by atoms with Gasteiger partial charge >= 0.3 is 12.1 Å². The number of aliphatic carboxylic acids is 1. The summed E-state index contributed by atoms with van der Waals surface area (Å²) in [5, 5.41) is 11.4. The van der Waals surface area contributed by atoms with E-state index in [9.17, 15) is 34.8 Å². The fourth-order valence-electron chi connectivity index (χ4n) is 3.28. The van der Waals surface area contributed by atoms with E-state index in [-0.39, 0.29) is 23.9 Å². The molecule has 8 nitrogen and oxygen atoms in total. The maximum Gasteiger partial charge on any atom is 0.490 e. The molecule has 0 unspecified atom stereocenters. The van der Waals surface area contributed by atoms with Crippen molar-refractivity contribution < 1.29 is 44.7 Å². The van der Waals surface area contributed by atoms with Crippen molar-refractivity contribution in [3.63, 3.8) is 0 Å². The van der Waals surface area contributed by atoms with Gasteiger partial charge in [0.25, 0.3) is 10.0 Å². The molecule has 38 heavy (non-hydrogen) atoms. The molecule has 0 aliphatic carbocycles. The number of sulfonamides is 1. The Kier molecular flexibility index (Phi) is 9.22. The molecular weight excluding hydrogens is 562 g/mol. The molecule has 1 saturated heterocycles. The van der Waals surface area contributed by atoms with E-state index in [0.717, 1.165) is 43.0 Å². The van der Waals surface area contributed by atoms with Gasteiger partial charge in [0.05, 0.1) is 5.51 Å². The highest BCUT2D eigenvalue weighted by Gasteiger charge is 2.38. The van der Waals surface area contributed by atoms with Crippen molar-refractivity contribution in [1.82, 2.24) is 9.88 Å². The number of anilines is 2. The highest BCUT2D eigenvalue weighted by atomic mass is 32.2. The van der Waals surface area contributed by atoms with Crippen LogP contribution >= 0.6 is 11.3 Å². The van der Waals surface area contributed by atoms with Gasteiger partial charge in [0.15, 0.2) is 10.7 Å². The standard InChI is InChI=1S/C20H19F3N4O2S2.C2HF3O2/c21-16-4-1-3-13(15(16)10-27-5-2-6-27)9-24-14-7-17(22)20(18(23)8-14)31(28,29)26-19-11-30-12-25-19;3-2(4,5)1(6)7/h1,3-4,7-8,11-12,24,26H,2,5-6,9-10H2;(H,6,7). The summed E-state index contributed by atoms with van der Waals surface area (Å²) in [5.74, 6) is -5.60. The van der Waals surface area contributed by atoms with Crippen molar-refractivity contribution in [3.8, 4) is 0 Å². The van der Waals surface area contributed by atoms with Crippen molar-refractivity contribution in [3.05, 3.63) is 69.8 Å². The fraction of sp³-hybridized carbons (Fsp3) is 0.273. The van der Waals surface area contributed by atoms with Crippen molar-refractivity contribution in [2.75, 3.05) is 23.1 Å². The summed E-state index contributed by atoms with van der Waals surface area (Å²) < 4.78 is 102. The summed E-state index contributed by atoms with van der Waals surface area (Å²) in [4.78, 5) is 13.7. The first-order valence-electron chi connectivity index (χ1n) is 10.7. The number of carboxylic acids is 1. The molecule has 1 aliphatic rings. The van der Waals surface area contributed by atoms with E-state index in [1.54, 1.807) is 12.1 Å². The van der Waals surface area contributed by atoms with E-state index in [1.165, 1.54) is 17.0 Å². The highest BCUT2D eigenvalue weighted by Crippen LogP contribution is 2.26. The van der Waals surface area contributed by atoms with Crippen molar-refractivity contribution in [1.29, 1.82) is 0 Å². The number of aromatic nitrogens is 1. The zero-order valence-electron chi connectivity index (χ0n) is 19.2. The van der Waals surface area contributed by atoms with E-state index >= 15 is 0 Å². The van der Waals surface area contributed by atoms with Gasteiger partial charge in [0.2, 0.25) is 0 Å². The first kappa shape index (κ1) is 29.2. The van der Waals surface area contributed by atoms with E-state index in [4.69, 9.17) is 9.90 Å². The third kappa shape index (κ3) is 7.58. The molecule has 2 aromatic carbocycles. The molecule has 1 aromatic heterocycles. The van der Waals surface area contributed by atoms with Crippen LogP contribution in [0.15, 0.2) is 46.1 Å². The van der Waals surface area contributed by atoms with Crippen LogP contribution in [0.3, 0.4) is 0 Å². The van der Waals surface area contributed by atoms with Crippen molar-refractivity contribution in [2.45, 2.75) is 30.6 Å². The Bertz CT molecular complexity index is 1360. The average molecular weight is 583 g/mol. The van der Waals surface area contributed by atoms with Gasteiger partial charge in [-0.05, 0) is 43.3 Å². The zero-order valence-corrected chi connectivity index (χ0v) is 20.9. The smallest absolute Gasteiger partial charge is 0.475 e. The van der Waals surface area contributed by atoms with Crippen LogP contribution in [-0.2, 0) is 27.9 Å². The second-order valence-electron chi connectivity index (χ2n) is 7.91. The number of nitrogens with one attached hydrogen (secondary N) is 2. The minimum atomic E-state index is -5.08. The summed E-state index contributed by atoms with van der Waals surface area (Å²) in [5.41, 5.74) is 2.62. The lowest BCUT2D eigenvalue weighted by Crippen LogP contribution is -2.36. The zero-order chi connectivity index (χ0) is 28.1. The first-order chi connectivity index (χ1) is 17.8. The summed E-state index contributed by atoms with van der Waals surface area (Å²) in [6, 6.07) is 6.49. The van der Waals surface area contributed by atoms with Crippen LogP contribution in [0.1, 0.15) is 17.5 Å². The molecule has 0 amide bonds. The molecule has 0 atom stereocenters. The Labute approximate surface area is 217 Å². The fourth-order valence-corrected chi connectivity index (χ4v) is 4.96. The van der Waals surface area contributed by atoms with Gasteiger partial charge in [0, 0.05) is 29.7 Å². The highest BCUT2D eigenvalue weighted by molar-refractivity contribution is 7.92. The maximum absolute atomic E-state index is 14.5. The predicted octanol–water partition coefficient (Wildman–Crippen LogP) is 4.81. The monoisotopic (exact) mass is 582 g/mol. The lowest BCUT2D eigenvalue weighted by molar-refractivity contribution is -0.192. The molecule has 3 N–H and O–H groups in total. The number of rotatable bonds is 8.